The van der Waals surface area contributed by atoms with Crippen molar-refractivity contribution in [3.05, 3.63) is 24.2 Å². The highest BCUT2D eigenvalue weighted by atomic mass is 16.5. The topological polar surface area (TPSA) is 34.8 Å². The molecule has 2 fully saturated rings. The molecule has 19 heavy (non-hydrogen) atoms. The van der Waals surface area contributed by atoms with Crippen molar-refractivity contribution in [1.82, 2.24) is 4.90 Å². The Morgan fingerprint density at radius 2 is 2.47 bits per heavy atom. The van der Waals surface area contributed by atoms with Gasteiger partial charge < -0.3 is 13.9 Å². The Morgan fingerprint density at radius 3 is 3.26 bits per heavy atom. The van der Waals surface area contributed by atoms with Gasteiger partial charge in [0.25, 0.3) is 0 Å². The molecule has 2 saturated heterocycles. The molecule has 0 amide bonds. The molecule has 0 unspecified atom stereocenters. The molecule has 1 aromatic heterocycles. The molecule has 0 aliphatic carbocycles. The third-order valence-corrected chi connectivity index (χ3v) is 4.49. The molecule has 0 aromatic carbocycles. The van der Waals surface area contributed by atoms with Crippen LogP contribution in [0.15, 0.2) is 23.0 Å². The van der Waals surface area contributed by atoms with Gasteiger partial charge in [0.1, 0.15) is 0 Å². The Hall–Kier alpha value is -0.840. The Labute approximate surface area is 114 Å². The maximum absolute atomic E-state index is 6.00. The average Bonchev–Trinajstić information content (AvgIpc) is 2.91. The van der Waals surface area contributed by atoms with E-state index in [1.165, 1.54) is 12.0 Å². The molecular weight excluding hydrogens is 242 g/mol. The largest absolute Gasteiger partial charge is 0.472 e. The third kappa shape index (κ3) is 2.71. The van der Waals surface area contributed by atoms with Crippen molar-refractivity contribution in [3.8, 4) is 0 Å². The van der Waals surface area contributed by atoms with Crippen LogP contribution in [0.3, 0.4) is 0 Å². The lowest BCUT2D eigenvalue weighted by molar-refractivity contribution is -0.149. The number of piperidine rings is 1. The van der Waals surface area contributed by atoms with Gasteiger partial charge >= 0.3 is 0 Å². The highest BCUT2D eigenvalue weighted by Gasteiger charge is 2.45. The molecule has 2 aliphatic heterocycles. The van der Waals surface area contributed by atoms with Gasteiger partial charge in [0.2, 0.25) is 0 Å². The zero-order valence-electron chi connectivity index (χ0n) is 11.6. The number of ether oxygens (including phenoxy) is 2. The van der Waals surface area contributed by atoms with E-state index in [0.29, 0.717) is 6.10 Å². The monoisotopic (exact) mass is 265 g/mol. The van der Waals surface area contributed by atoms with Gasteiger partial charge in [-0.25, -0.2) is 0 Å². The fourth-order valence-corrected chi connectivity index (χ4v) is 3.66. The molecule has 2 aliphatic rings. The Morgan fingerprint density at radius 1 is 1.53 bits per heavy atom. The van der Waals surface area contributed by atoms with Crippen molar-refractivity contribution in [3.63, 3.8) is 0 Å². The molecule has 3 heterocycles. The summed E-state index contributed by atoms with van der Waals surface area (Å²) >= 11 is 0. The van der Waals surface area contributed by atoms with E-state index < -0.39 is 0 Å². The van der Waals surface area contributed by atoms with Crippen molar-refractivity contribution < 1.29 is 13.9 Å². The van der Waals surface area contributed by atoms with E-state index in [1.54, 1.807) is 13.4 Å². The maximum Gasteiger partial charge on any atom is 0.0947 e. The van der Waals surface area contributed by atoms with Crippen LogP contribution in [0.1, 0.15) is 24.8 Å². The number of fused-ring (bicyclic) bond motifs is 1. The van der Waals surface area contributed by atoms with Crippen LogP contribution in [0.2, 0.25) is 0 Å². The van der Waals surface area contributed by atoms with Crippen LogP contribution in [0.25, 0.3) is 0 Å². The van der Waals surface area contributed by atoms with Crippen molar-refractivity contribution in [2.24, 2.45) is 5.41 Å². The number of furan rings is 1. The van der Waals surface area contributed by atoms with E-state index in [9.17, 15) is 0 Å². The number of likely N-dealkylation sites (tertiary alicyclic amines) is 1. The molecule has 2 atom stereocenters. The van der Waals surface area contributed by atoms with Crippen molar-refractivity contribution in [2.75, 3.05) is 33.4 Å². The van der Waals surface area contributed by atoms with E-state index in [4.69, 9.17) is 13.9 Å². The first-order valence-corrected chi connectivity index (χ1v) is 7.16. The number of rotatable bonds is 4. The quantitative estimate of drug-likeness (QED) is 0.836. The van der Waals surface area contributed by atoms with Gasteiger partial charge in [0.15, 0.2) is 0 Å². The second-order valence-electron chi connectivity index (χ2n) is 5.89. The van der Waals surface area contributed by atoms with E-state index in [-0.39, 0.29) is 5.41 Å². The summed E-state index contributed by atoms with van der Waals surface area (Å²) in [5, 5.41) is 0. The van der Waals surface area contributed by atoms with Crippen molar-refractivity contribution in [1.29, 1.82) is 0 Å². The first-order chi connectivity index (χ1) is 9.32. The van der Waals surface area contributed by atoms with E-state index >= 15 is 0 Å². The first kappa shape index (κ1) is 13.2. The Balaban J connectivity index is 1.69. The van der Waals surface area contributed by atoms with Crippen LogP contribution in [-0.2, 0) is 16.0 Å². The van der Waals surface area contributed by atoms with Crippen LogP contribution >= 0.6 is 0 Å². The molecular formula is C15H23NO3. The fraction of sp³-hybridized carbons (Fsp3) is 0.733. The second-order valence-corrected chi connectivity index (χ2v) is 5.89. The summed E-state index contributed by atoms with van der Waals surface area (Å²) in [5.74, 6) is 0. The summed E-state index contributed by atoms with van der Waals surface area (Å²) in [6.07, 6.45) is 7.44. The zero-order valence-corrected chi connectivity index (χ0v) is 11.6. The molecule has 0 saturated carbocycles. The summed E-state index contributed by atoms with van der Waals surface area (Å²) in [6, 6.07) is 2.05. The highest BCUT2D eigenvalue weighted by Crippen LogP contribution is 2.40. The Kier molecular flexibility index (Phi) is 3.91. The predicted molar refractivity (Wildman–Crippen MR) is 71.9 cm³/mol. The molecule has 0 N–H and O–H groups in total. The number of hydrogen-bond acceptors (Lipinski definition) is 4. The first-order valence-electron chi connectivity index (χ1n) is 7.16. The molecule has 106 valence electrons. The summed E-state index contributed by atoms with van der Waals surface area (Å²) in [6.45, 7) is 4.85. The molecule has 0 radical (unpaired) electrons. The number of methoxy groups -OCH3 is 1. The van der Waals surface area contributed by atoms with E-state index in [1.807, 2.05) is 12.3 Å². The SMILES string of the molecule is COC[C@@]12CCCO[C@H]1CCN(Cc1ccoc1)C2. The third-order valence-electron chi connectivity index (χ3n) is 4.49. The normalized spacial score (nSPS) is 32.2. The van der Waals surface area contributed by atoms with Gasteiger partial charge in [-0.3, -0.25) is 4.90 Å². The highest BCUT2D eigenvalue weighted by molar-refractivity contribution is 5.06. The van der Waals surface area contributed by atoms with Crippen LogP contribution in [0, 0.1) is 5.41 Å². The summed E-state index contributed by atoms with van der Waals surface area (Å²) in [5.41, 5.74) is 1.44. The Bertz CT molecular complexity index is 388. The lowest BCUT2D eigenvalue weighted by atomic mass is 9.73. The number of nitrogens with zero attached hydrogens (tertiary/aromatic N) is 1. The molecule has 3 rings (SSSR count). The minimum atomic E-state index is 0.189. The van der Waals surface area contributed by atoms with Gasteiger partial charge in [-0.2, -0.15) is 0 Å². The lowest BCUT2D eigenvalue weighted by Gasteiger charge is -2.50. The second kappa shape index (κ2) is 5.65. The molecule has 0 bridgehead atoms. The van der Waals surface area contributed by atoms with Gasteiger partial charge in [0.05, 0.1) is 25.2 Å². The van der Waals surface area contributed by atoms with Crippen molar-refractivity contribution in [2.45, 2.75) is 31.9 Å². The van der Waals surface area contributed by atoms with Gasteiger partial charge in [-0.15, -0.1) is 0 Å². The predicted octanol–water partition coefficient (Wildman–Crippen LogP) is 2.30. The van der Waals surface area contributed by atoms with Crippen LogP contribution in [0.5, 0.6) is 0 Å². The number of hydrogen-bond donors (Lipinski definition) is 0. The standard InChI is InChI=1S/C15H23NO3/c1-17-12-15-5-2-7-19-14(15)3-6-16(11-15)9-13-4-8-18-10-13/h4,8,10,14H,2-3,5-7,9,11-12H2,1H3/t14-,15-/m0/s1. The minimum absolute atomic E-state index is 0.189. The van der Waals surface area contributed by atoms with Crippen LogP contribution in [0.4, 0.5) is 0 Å². The van der Waals surface area contributed by atoms with Crippen LogP contribution < -0.4 is 0 Å². The van der Waals surface area contributed by atoms with Crippen LogP contribution in [-0.4, -0.2) is 44.4 Å². The smallest absolute Gasteiger partial charge is 0.0947 e. The summed E-state index contributed by atoms with van der Waals surface area (Å²) < 4.78 is 16.7. The maximum atomic E-state index is 6.00. The summed E-state index contributed by atoms with van der Waals surface area (Å²) in [4.78, 5) is 2.51. The van der Waals surface area contributed by atoms with Crippen molar-refractivity contribution >= 4 is 0 Å². The molecule has 0 spiro atoms. The molecule has 1 aromatic rings. The minimum Gasteiger partial charge on any atom is -0.472 e. The van der Waals surface area contributed by atoms with E-state index in [0.717, 1.165) is 45.7 Å². The molecule has 4 nitrogen and oxygen atoms in total. The summed E-state index contributed by atoms with van der Waals surface area (Å²) in [7, 11) is 1.80. The lowest BCUT2D eigenvalue weighted by Crippen LogP contribution is -2.56. The zero-order chi connectivity index (χ0) is 13.1. The van der Waals surface area contributed by atoms with Gasteiger partial charge in [-0.1, -0.05) is 0 Å². The van der Waals surface area contributed by atoms with E-state index in [2.05, 4.69) is 4.90 Å². The fourth-order valence-electron chi connectivity index (χ4n) is 3.66. The average molecular weight is 265 g/mol. The van der Waals surface area contributed by atoms with Gasteiger partial charge in [-0.05, 0) is 25.3 Å². The molecule has 4 heteroatoms. The van der Waals surface area contributed by atoms with Gasteiger partial charge in [0, 0.05) is 44.3 Å².